The number of hydrogen-bond donors (Lipinski definition) is 2. The average molecular weight is 256 g/mol. The maximum atomic E-state index is 11.9. The maximum Gasteiger partial charge on any atom is 0.251 e. The average Bonchev–Trinajstić information content (AvgIpc) is 2.39. The molecule has 1 heterocycles. The zero-order valence-electron chi connectivity index (χ0n) is 10.7. The Hall–Kier alpha value is -2.36. The van der Waals surface area contributed by atoms with Crippen molar-refractivity contribution in [3.8, 4) is 0 Å². The van der Waals surface area contributed by atoms with Crippen LogP contribution >= 0.6 is 0 Å². The highest BCUT2D eigenvalue weighted by atomic mass is 16.2. The van der Waals surface area contributed by atoms with Gasteiger partial charge in [-0.2, -0.15) is 0 Å². The van der Waals surface area contributed by atoms with Gasteiger partial charge in [0.25, 0.3) is 5.91 Å². The number of benzene rings is 1. The second kappa shape index (κ2) is 6.00. The normalized spacial score (nSPS) is 11.8. The molecule has 1 unspecified atom stereocenters. The molecule has 0 aliphatic heterocycles. The van der Waals surface area contributed by atoms with E-state index in [0.29, 0.717) is 5.56 Å². The number of nitrogens with one attached hydrogen (secondary N) is 2. The van der Waals surface area contributed by atoms with Crippen LogP contribution < -0.4 is 10.9 Å². The molecular weight excluding hydrogens is 240 g/mol. The third-order valence-electron chi connectivity index (χ3n) is 2.80. The second-order valence-electron chi connectivity index (χ2n) is 4.51. The summed E-state index contributed by atoms with van der Waals surface area (Å²) >= 11 is 0. The monoisotopic (exact) mass is 256 g/mol. The van der Waals surface area contributed by atoms with Crippen molar-refractivity contribution in [2.24, 2.45) is 0 Å². The van der Waals surface area contributed by atoms with Crippen molar-refractivity contribution in [1.29, 1.82) is 0 Å². The van der Waals surface area contributed by atoms with E-state index in [1.54, 1.807) is 6.07 Å². The Labute approximate surface area is 111 Å². The molecule has 0 aliphatic rings. The number of aromatic nitrogens is 1. The van der Waals surface area contributed by atoms with E-state index in [0.717, 1.165) is 6.42 Å². The number of carbonyl (C=O) groups excluding carboxylic acids is 1. The number of pyridine rings is 1. The minimum atomic E-state index is -0.275. The molecule has 0 spiro atoms. The third-order valence-corrected chi connectivity index (χ3v) is 2.80. The van der Waals surface area contributed by atoms with E-state index in [1.165, 1.54) is 17.8 Å². The van der Waals surface area contributed by atoms with Crippen molar-refractivity contribution in [2.45, 2.75) is 19.4 Å². The standard InChI is InChI=1S/C15H16N2O2/c1-11(9-12-5-3-2-4-6-12)17-15(19)13-7-8-16-14(18)10-13/h2-8,10-11H,9H2,1H3,(H,16,18)(H,17,19). The smallest absolute Gasteiger partial charge is 0.251 e. The van der Waals surface area contributed by atoms with Crippen LogP contribution in [-0.2, 0) is 6.42 Å². The highest BCUT2D eigenvalue weighted by Gasteiger charge is 2.10. The van der Waals surface area contributed by atoms with Crippen LogP contribution in [0.1, 0.15) is 22.8 Å². The predicted octanol–water partition coefficient (Wildman–Crippen LogP) is 1.74. The van der Waals surface area contributed by atoms with Crippen LogP contribution in [0.15, 0.2) is 53.5 Å². The first kappa shape index (κ1) is 13.1. The fourth-order valence-corrected chi connectivity index (χ4v) is 1.91. The lowest BCUT2D eigenvalue weighted by Gasteiger charge is -2.13. The fraction of sp³-hybridized carbons (Fsp3) is 0.200. The van der Waals surface area contributed by atoms with Gasteiger partial charge in [0.05, 0.1) is 0 Å². The van der Waals surface area contributed by atoms with Gasteiger partial charge in [-0.05, 0) is 25.0 Å². The second-order valence-corrected chi connectivity index (χ2v) is 4.51. The Morgan fingerprint density at radius 3 is 2.68 bits per heavy atom. The van der Waals surface area contributed by atoms with Crippen LogP contribution in [0, 0.1) is 0 Å². The molecule has 2 rings (SSSR count). The molecule has 4 nitrogen and oxygen atoms in total. The van der Waals surface area contributed by atoms with Crippen LogP contribution in [0.25, 0.3) is 0 Å². The van der Waals surface area contributed by atoms with Crippen molar-refractivity contribution in [3.63, 3.8) is 0 Å². The van der Waals surface area contributed by atoms with Crippen molar-refractivity contribution in [3.05, 3.63) is 70.1 Å². The van der Waals surface area contributed by atoms with E-state index in [2.05, 4.69) is 10.3 Å². The van der Waals surface area contributed by atoms with Gasteiger partial charge in [-0.3, -0.25) is 9.59 Å². The maximum absolute atomic E-state index is 11.9. The quantitative estimate of drug-likeness (QED) is 0.875. The summed E-state index contributed by atoms with van der Waals surface area (Å²) in [5.41, 5.74) is 1.27. The van der Waals surface area contributed by atoms with Crippen LogP contribution in [0.4, 0.5) is 0 Å². The molecule has 4 heteroatoms. The summed E-state index contributed by atoms with van der Waals surface area (Å²) in [6.45, 7) is 1.94. The van der Waals surface area contributed by atoms with Gasteiger partial charge in [0.1, 0.15) is 0 Å². The first-order valence-corrected chi connectivity index (χ1v) is 6.18. The topological polar surface area (TPSA) is 62.0 Å². The van der Waals surface area contributed by atoms with E-state index < -0.39 is 0 Å². The number of aromatic amines is 1. The molecule has 0 saturated carbocycles. The van der Waals surface area contributed by atoms with Gasteiger partial charge in [0, 0.05) is 23.9 Å². The number of amides is 1. The minimum Gasteiger partial charge on any atom is -0.349 e. The molecule has 1 amide bonds. The van der Waals surface area contributed by atoms with Crippen molar-refractivity contribution in [2.75, 3.05) is 0 Å². The Balaban J connectivity index is 1.97. The van der Waals surface area contributed by atoms with Crippen molar-refractivity contribution in [1.82, 2.24) is 10.3 Å². The number of hydrogen-bond acceptors (Lipinski definition) is 2. The predicted molar refractivity (Wildman–Crippen MR) is 74.1 cm³/mol. The van der Waals surface area contributed by atoms with E-state index in [-0.39, 0.29) is 17.5 Å². The molecule has 1 atom stereocenters. The summed E-state index contributed by atoms with van der Waals surface area (Å²) in [5.74, 6) is -0.227. The van der Waals surface area contributed by atoms with Crippen LogP contribution in [-0.4, -0.2) is 16.9 Å². The van der Waals surface area contributed by atoms with Gasteiger partial charge in [0.2, 0.25) is 5.56 Å². The van der Waals surface area contributed by atoms with Crippen molar-refractivity contribution < 1.29 is 4.79 Å². The minimum absolute atomic E-state index is 0.00851. The summed E-state index contributed by atoms with van der Waals surface area (Å²) < 4.78 is 0. The summed E-state index contributed by atoms with van der Waals surface area (Å²) in [6, 6.07) is 12.8. The molecule has 19 heavy (non-hydrogen) atoms. The lowest BCUT2D eigenvalue weighted by molar-refractivity contribution is 0.0940. The largest absolute Gasteiger partial charge is 0.349 e. The van der Waals surface area contributed by atoms with Gasteiger partial charge in [-0.1, -0.05) is 30.3 Å². The molecule has 1 aromatic heterocycles. The molecule has 0 bridgehead atoms. The number of rotatable bonds is 4. The zero-order valence-corrected chi connectivity index (χ0v) is 10.7. The molecule has 2 aromatic rings. The summed E-state index contributed by atoms with van der Waals surface area (Å²) in [7, 11) is 0. The number of H-pyrrole nitrogens is 1. The fourth-order valence-electron chi connectivity index (χ4n) is 1.91. The van der Waals surface area contributed by atoms with Gasteiger partial charge in [0.15, 0.2) is 0 Å². The van der Waals surface area contributed by atoms with E-state index >= 15 is 0 Å². The Bertz CT molecular complexity index is 605. The van der Waals surface area contributed by atoms with E-state index in [9.17, 15) is 9.59 Å². The highest BCUT2D eigenvalue weighted by Crippen LogP contribution is 2.03. The summed E-state index contributed by atoms with van der Waals surface area (Å²) in [6.07, 6.45) is 2.23. The van der Waals surface area contributed by atoms with E-state index in [4.69, 9.17) is 0 Å². The first-order valence-electron chi connectivity index (χ1n) is 6.18. The lowest BCUT2D eigenvalue weighted by atomic mass is 10.1. The molecule has 2 N–H and O–H groups in total. The van der Waals surface area contributed by atoms with Crippen LogP contribution in [0.3, 0.4) is 0 Å². The number of carbonyl (C=O) groups is 1. The Kier molecular flexibility index (Phi) is 4.13. The summed E-state index contributed by atoms with van der Waals surface area (Å²) in [4.78, 5) is 25.6. The zero-order chi connectivity index (χ0) is 13.7. The Morgan fingerprint density at radius 1 is 1.26 bits per heavy atom. The molecule has 0 radical (unpaired) electrons. The van der Waals surface area contributed by atoms with Gasteiger partial charge in [-0.25, -0.2) is 0 Å². The van der Waals surface area contributed by atoms with Gasteiger partial charge in [-0.15, -0.1) is 0 Å². The molecule has 1 aromatic carbocycles. The highest BCUT2D eigenvalue weighted by molar-refractivity contribution is 5.94. The molecule has 0 saturated heterocycles. The molecule has 0 aliphatic carbocycles. The van der Waals surface area contributed by atoms with Crippen LogP contribution in [0.2, 0.25) is 0 Å². The SMILES string of the molecule is CC(Cc1ccccc1)NC(=O)c1cc[nH]c(=O)c1. The summed E-state index contributed by atoms with van der Waals surface area (Å²) in [5, 5.41) is 2.88. The molecule has 98 valence electrons. The van der Waals surface area contributed by atoms with Gasteiger partial charge >= 0.3 is 0 Å². The lowest BCUT2D eigenvalue weighted by Crippen LogP contribution is -2.34. The van der Waals surface area contributed by atoms with E-state index in [1.807, 2.05) is 37.3 Å². The van der Waals surface area contributed by atoms with Gasteiger partial charge < -0.3 is 10.3 Å². The third kappa shape index (κ3) is 3.81. The van der Waals surface area contributed by atoms with Crippen LogP contribution in [0.5, 0.6) is 0 Å². The molecular formula is C15H16N2O2. The first-order chi connectivity index (χ1) is 9.15. The Morgan fingerprint density at radius 2 is 2.00 bits per heavy atom. The molecule has 0 fully saturated rings. The van der Waals surface area contributed by atoms with Crippen molar-refractivity contribution >= 4 is 5.91 Å².